The van der Waals surface area contributed by atoms with Crippen molar-refractivity contribution in [2.45, 2.75) is 45.4 Å². The standard InChI is InChI=1S/C16H21N3OS/c1-5-12(11-9-7-6-8-10-11)13(20)17-15-19-18-14(21-15)16(2,3)4/h6-10,12H,5H2,1-4H3,(H,17,19,20)/t12-/m1/s1. The molecule has 2 rings (SSSR count). The first-order chi connectivity index (χ1) is 9.91. The predicted molar refractivity (Wildman–Crippen MR) is 86.7 cm³/mol. The van der Waals surface area contributed by atoms with Gasteiger partial charge in [0.1, 0.15) is 5.01 Å². The molecule has 1 N–H and O–H groups in total. The molecule has 1 amide bonds. The molecule has 0 aliphatic rings. The number of benzene rings is 1. The van der Waals surface area contributed by atoms with Crippen LogP contribution >= 0.6 is 11.3 Å². The van der Waals surface area contributed by atoms with E-state index in [1.54, 1.807) is 0 Å². The summed E-state index contributed by atoms with van der Waals surface area (Å²) < 4.78 is 0. The van der Waals surface area contributed by atoms with Crippen molar-refractivity contribution < 1.29 is 4.79 Å². The van der Waals surface area contributed by atoms with Crippen LogP contribution in [0.25, 0.3) is 0 Å². The lowest BCUT2D eigenvalue weighted by atomic mass is 9.96. The van der Waals surface area contributed by atoms with E-state index in [2.05, 4.69) is 36.3 Å². The summed E-state index contributed by atoms with van der Waals surface area (Å²) in [6.45, 7) is 8.26. The third-order valence-corrected chi connectivity index (χ3v) is 4.49. The quantitative estimate of drug-likeness (QED) is 0.930. The van der Waals surface area contributed by atoms with Gasteiger partial charge in [-0.05, 0) is 12.0 Å². The van der Waals surface area contributed by atoms with Crippen molar-refractivity contribution in [1.82, 2.24) is 10.2 Å². The molecule has 0 aliphatic heterocycles. The lowest BCUT2D eigenvalue weighted by Crippen LogP contribution is -2.20. The Balaban J connectivity index is 2.11. The lowest BCUT2D eigenvalue weighted by Gasteiger charge is -2.14. The van der Waals surface area contributed by atoms with Gasteiger partial charge in [0.15, 0.2) is 0 Å². The number of amides is 1. The maximum absolute atomic E-state index is 12.4. The molecule has 5 heteroatoms. The fourth-order valence-electron chi connectivity index (χ4n) is 2.03. The van der Waals surface area contributed by atoms with E-state index >= 15 is 0 Å². The number of nitrogens with one attached hydrogen (secondary N) is 1. The average Bonchev–Trinajstić information content (AvgIpc) is 2.89. The third kappa shape index (κ3) is 3.88. The Morgan fingerprint density at radius 1 is 1.24 bits per heavy atom. The zero-order chi connectivity index (χ0) is 15.5. The third-order valence-electron chi connectivity index (χ3n) is 3.22. The second kappa shape index (κ2) is 6.35. The summed E-state index contributed by atoms with van der Waals surface area (Å²) in [6, 6.07) is 9.82. The normalized spacial score (nSPS) is 13.0. The summed E-state index contributed by atoms with van der Waals surface area (Å²) in [4.78, 5) is 12.4. The Labute approximate surface area is 129 Å². The molecule has 4 nitrogen and oxygen atoms in total. The van der Waals surface area contributed by atoms with E-state index in [-0.39, 0.29) is 17.2 Å². The number of rotatable bonds is 4. The number of carbonyl (C=O) groups excluding carboxylic acids is 1. The Morgan fingerprint density at radius 2 is 1.90 bits per heavy atom. The summed E-state index contributed by atoms with van der Waals surface area (Å²) in [6.07, 6.45) is 0.751. The molecular formula is C16H21N3OS. The van der Waals surface area contributed by atoms with Crippen molar-refractivity contribution >= 4 is 22.4 Å². The molecular weight excluding hydrogens is 282 g/mol. The van der Waals surface area contributed by atoms with Crippen LogP contribution in [0, 0.1) is 0 Å². The molecule has 1 aromatic carbocycles. The second-order valence-electron chi connectivity index (χ2n) is 6.02. The van der Waals surface area contributed by atoms with Gasteiger partial charge in [0.05, 0.1) is 5.92 Å². The second-order valence-corrected chi connectivity index (χ2v) is 7.00. The highest BCUT2D eigenvalue weighted by molar-refractivity contribution is 7.15. The molecule has 0 radical (unpaired) electrons. The van der Waals surface area contributed by atoms with E-state index < -0.39 is 0 Å². The molecule has 0 aliphatic carbocycles. The molecule has 0 bridgehead atoms. The number of anilines is 1. The highest BCUT2D eigenvalue weighted by Gasteiger charge is 2.23. The summed E-state index contributed by atoms with van der Waals surface area (Å²) >= 11 is 1.44. The zero-order valence-electron chi connectivity index (χ0n) is 12.9. The largest absolute Gasteiger partial charge is 0.300 e. The fourth-order valence-corrected chi connectivity index (χ4v) is 2.83. The number of hydrogen-bond donors (Lipinski definition) is 1. The Hall–Kier alpha value is -1.75. The SMILES string of the molecule is CC[C@@H](C(=O)Nc1nnc(C(C)(C)C)s1)c1ccccc1. The van der Waals surface area contributed by atoms with Crippen molar-refractivity contribution in [3.63, 3.8) is 0 Å². The highest BCUT2D eigenvalue weighted by atomic mass is 32.1. The zero-order valence-corrected chi connectivity index (χ0v) is 13.7. The molecule has 1 heterocycles. The molecule has 112 valence electrons. The van der Waals surface area contributed by atoms with Crippen LogP contribution < -0.4 is 5.32 Å². The van der Waals surface area contributed by atoms with Crippen LogP contribution in [0.5, 0.6) is 0 Å². The summed E-state index contributed by atoms with van der Waals surface area (Å²) in [5.74, 6) is -0.187. The van der Waals surface area contributed by atoms with Crippen molar-refractivity contribution in [2.75, 3.05) is 5.32 Å². The van der Waals surface area contributed by atoms with Crippen LogP contribution in [-0.2, 0) is 10.2 Å². The number of aromatic nitrogens is 2. The number of hydrogen-bond acceptors (Lipinski definition) is 4. The molecule has 0 unspecified atom stereocenters. The summed E-state index contributed by atoms with van der Waals surface area (Å²) in [5.41, 5.74) is 0.975. The van der Waals surface area contributed by atoms with E-state index in [9.17, 15) is 4.79 Å². The van der Waals surface area contributed by atoms with Crippen LogP contribution in [0.4, 0.5) is 5.13 Å². The minimum absolute atomic E-state index is 0.0275. The molecule has 1 atom stereocenters. The minimum Gasteiger partial charge on any atom is -0.300 e. The predicted octanol–water partition coefficient (Wildman–Crippen LogP) is 3.97. The molecule has 2 aromatic rings. The van der Waals surface area contributed by atoms with Crippen LogP contribution in [0.15, 0.2) is 30.3 Å². The van der Waals surface area contributed by atoms with Gasteiger partial charge in [0, 0.05) is 5.41 Å². The minimum atomic E-state index is -0.159. The van der Waals surface area contributed by atoms with Gasteiger partial charge in [-0.3, -0.25) is 10.1 Å². The van der Waals surface area contributed by atoms with E-state index in [4.69, 9.17) is 0 Å². The fraction of sp³-hybridized carbons (Fsp3) is 0.438. The first-order valence-electron chi connectivity index (χ1n) is 7.11. The molecule has 1 aromatic heterocycles. The average molecular weight is 303 g/mol. The maximum Gasteiger partial charge on any atom is 0.233 e. The van der Waals surface area contributed by atoms with Crippen molar-refractivity contribution in [2.24, 2.45) is 0 Å². The molecule has 21 heavy (non-hydrogen) atoms. The topological polar surface area (TPSA) is 54.9 Å². The van der Waals surface area contributed by atoms with E-state index in [0.717, 1.165) is 17.0 Å². The van der Waals surface area contributed by atoms with Gasteiger partial charge in [-0.1, -0.05) is 69.4 Å². The van der Waals surface area contributed by atoms with Gasteiger partial charge in [-0.2, -0.15) is 0 Å². The monoisotopic (exact) mass is 303 g/mol. The van der Waals surface area contributed by atoms with Crippen molar-refractivity contribution in [1.29, 1.82) is 0 Å². The Kier molecular flexibility index (Phi) is 4.73. The molecule has 0 spiro atoms. The van der Waals surface area contributed by atoms with Crippen LogP contribution in [0.2, 0.25) is 0 Å². The smallest absolute Gasteiger partial charge is 0.233 e. The maximum atomic E-state index is 12.4. The van der Waals surface area contributed by atoms with Gasteiger partial charge >= 0.3 is 0 Å². The Bertz CT molecular complexity index is 601. The van der Waals surface area contributed by atoms with Crippen molar-refractivity contribution in [3.05, 3.63) is 40.9 Å². The first-order valence-corrected chi connectivity index (χ1v) is 7.93. The Morgan fingerprint density at radius 3 is 2.43 bits per heavy atom. The summed E-state index contributed by atoms with van der Waals surface area (Å²) in [7, 11) is 0. The van der Waals surface area contributed by atoms with Gasteiger partial charge in [-0.25, -0.2) is 0 Å². The lowest BCUT2D eigenvalue weighted by molar-refractivity contribution is -0.117. The van der Waals surface area contributed by atoms with Gasteiger partial charge in [-0.15, -0.1) is 10.2 Å². The van der Waals surface area contributed by atoms with Crippen LogP contribution in [0.3, 0.4) is 0 Å². The van der Waals surface area contributed by atoms with E-state index in [0.29, 0.717) is 5.13 Å². The number of carbonyl (C=O) groups is 1. The van der Waals surface area contributed by atoms with Gasteiger partial charge < -0.3 is 0 Å². The molecule has 0 fully saturated rings. The van der Waals surface area contributed by atoms with Crippen molar-refractivity contribution in [3.8, 4) is 0 Å². The van der Waals surface area contributed by atoms with Gasteiger partial charge in [0.25, 0.3) is 0 Å². The first kappa shape index (κ1) is 15.6. The van der Waals surface area contributed by atoms with E-state index in [1.165, 1.54) is 11.3 Å². The van der Waals surface area contributed by atoms with Crippen LogP contribution in [0.1, 0.15) is 50.6 Å². The van der Waals surface area contributed by atoms with E-state index in [1.807, 2.05) is 37.3 Å². The highest BCUT2D eigenvalue weighted by Crippen LogP contribution is 2.29. The van der Waals surface area contributed by atoms with Crippen LogP contribution in [-0.4, -0.2) is 16.1 Å². The molecule has 0 saturated heterocycles. The number of nitrogens with zero attached hydrogens (tertiary/aromatic N) is 2. The van der Waals surface area contributed by atoms with Gasteiger partial charge in [0.2, 0.25) is 11.0 Å². The summed E-state index contributed by atoms with van der Waals surface area (Å²) in [5, 5.41) is 12.6. The molecule has 0 saturated carbocycles.